The van der Waals surface area contributed by atoms with Gasteiger partial charge in [-0.2, -0.15) is 5.48 Å². The van der Waals surface area contributed by atoms with Gasteiger partial charge >= 0.3 is 5.97 Å². The highest BCUT2D eigenvalue weighted by Gasteiger charge is 2.17. The van der Waals surface area contributed by atoms with E-state index in [2.05, 4.69) is 4.84 Å². The molecule has 0 aliphatic heterocycles. The Hall–Kier alpha value is -2.87. The third-order valence-corrected chi connectivity index (χ3v) is 3.23. The molecular weight excluding hydrogens is 339 g/mol. The van der Waals surface area contributed by atoms with Crippen molar-refractivity contribution in [2.45, 2.75) is 18.9 Å². The number of rotatable bonds is 5. The summed E-state index contributed by atoms with van der Waals surface area (Å²) in [7, 11) is 0. The molecule has 0 heterocycles. The van der Waals surface area contributed by atoms with Crippen LogP contribution in [0, 0.1) is 17.5 Å². The van der Waals surface area contributed by atoms with Crippen LogP contribution in [0.25, 0.3) is 0 Å². The number of hydroxylamine groups is 1. The number of amides is 1. The quantitative estimate of drug-likeness (QED) is 0.639. The molecule has 2 rings (SSSR count). The summed E-state index contributed by atoms with van der Waals surface area (Å²) in [6, 6.07) is 8.85. The van der Waals surface area contributed by atoms with E-state index in [1.165, 1.54) is 12.1 Å². The van der Waals surface area contributed by atoms with Crippen molar-refractivity contribution in [2.75, 3.05) is 0 Å². The molecule has 25 heavy (non-hydrogen) atoms. The molecule has 0 aliphatic rings. The molecule has 0 unspecified atom stereocenters. The fourth-order valence-electron chi connectivity index (χ4n) is 2.04. The van der Waals surface area contributed by atoms with Crippen molar-refractivity contribution in [1.29, 1.82) is 0 Å². The summed E-state index contributed by atoms with van der Waals surface area (Å²) in [5.41, 5.74) is 1.79. The minimum absolute atomic E-state index is 0.215. The number of nitrogens with one attached hydrogen (secondary N) is 1. The van der Waals surface area contributed by atoms with Crippen LogP contribution in [-0.2, 0) is 16.1 Å². The Labute approximate surface area is 141 Å². The molecule has 0 fully saturated rings. The molecule has 0 radical (unpaired) electrons. The fourth-order valence-corrected chi connectivity index (χ4v) is 2.04. The van der Waals surface area contributed by atoms with Crippen LogP contribution in [0.2, 0.25) is 0 Å². The number of hydrogen-bond donors (Lipinski definition) is 2. The van der Waals surface area contributed by atoms with Gasteiger partial charge in [0, 0.05) is 12.5 Å². The highest BCUT2D eigenvalue weighted by atomic mass is 19.2. The summed E-state index contributed by atoms with van der Waals surface area (Å²) in [4.78, 5) is 27.8. The highest BCUT2D eigenvalue weighted by molar-refractivity contribution is 5.90. The monoisotopic (exact) mass is 353 g/mol. The SMILES string of the molecule is O=C(C[C@@H](O)Cc1cc(F)c(F)cc1F)NOC(=O)c1ccccc1. The first kappa shape index (κ1) is 18.5. The van der Waals surface area contributed by atoms with Crippen LogP contribution in [0.3, 0.4) is 0 Å². The average molecular weight is 353 g/mol. The van der Waals surface area contributed by atoms with Crippen LogP contribution in [-0.4, -0.2) is 23.1 Å². The average Bonchev–Trinajstić information content (AvgIpc) is 2.58. The third kappa shape index (κ3) is 5.32. The molecule has 132 valence electrons. The Balaban J connectivity index is 1.84. The Morgan fingerprint density at radius 1 is 1.04 bits per heavy atom. The highest BCUT2D eigenvalue weighted by Crippen LogP contribution is 2.16. The molecule has 0 aromatic heterocycles. The first-order chi connectivity index (χ1) is 11.9. The van der Waals surface area contributed by atoms with Crippen LogP contribution in [0.5, 0.6) is 0 Å². The largest absolute Gasteiger partial charge is 0.392 e. The molecule has 0 aliphatic carbocycles. The van der Waals surface area contributed by atoms with Gasteiger partial charge in [-0.15, -0.1) is 0 Å². The summed E-state index contributed by atoms with van der Waals surface area (Å²) in [6.07, 6.45) is -2.32. The van der Waals surface area contributed by atoms with E-state index in [0.717, 1.165) is 0 Å². The lowest BCUT2D eigenvalue weighted by Gasteiger charge is -2.12. The summed E-state index contributed by atoms with van der Waals surface area (Å²) >= 11 is 0. The summed E-state index contributed by atoms with van der Waals surface area (Å²) in [6.45, 7) is 0. The van der Waals surface area contributed by atoms with Gasteiger partial charge in [-0.3, -0.25) is 4.79 Å². The Morgan fingerprint density at radius 2 is 1.68 bits per heavy atom. The normalized spacial score (nSPS) is 11.7. The van der Waals surface area contributed by atoms with Crippen molar-refractivity contribution in [3.8, 4) is 0 Å². The van der Waals surface area contributed by atoms with E-state index >= 15 is 0 Å². The van der Waals surface area contributed by atoms with Crippen LogP contribution in [0.4, 0.5) is 13.2 Å². The van der Waals surface area contributed by atoms with Crippen LogP contribution >= 0.6 is 0 Å². The molecule has 1 amide bonds. The summed E-state index contributed by atoms with van der Waals surface area (Å²) in [5, 5.41) is 9.76. The van der Waals surface area contributed by atoms with Gasteiger partial charge in [0.25, 0.3) is 5.91 Å². The smallest absolute Gasteiger partial charge is 0.362 e. The van der Waals surface area contributed by atoms with Crippen molar-refractivity contribution >= 4 is 11.9 Å². The van der Waals surface area contributed by atoms with E-state index in [-0.39, 0.29) is 11.1 Å². The second kappa shape index (κ2) is 8.29. The number of carbonyl (C=O) groups excluding carboxylic acids is 2. The number of aliphatic hydroxyl groups excluding tert-OH is 1. The van der Waals surface area contributed by atoms with Gasteiger partial charge in [0.2, 0.25) is 0 Å². The van der Waals surface area contributed by atoms with E-state index in [1.54, 1.807) is 18.2 Å². The van der Waals surface area contributed by atoms with Crippen LogP contribution in [0.1, 0.15) is 22.3 Å². The van der Waals surface area contributed by atoms with Gasteiger partial charge in [0.15, 0.2) is 11.6 Å². The lowest BCUT2D eigenvalue weighted by Crippen LogP contribution is -2.30. The van der Waals surface area contributed by atoms with Crippen LogP contribution < -0.4 is 5.48 Å². The predicted octanol–water partition coefficient (Wildman–Crippen LogP) is 2.29. The van der Waals surface area contributed by atoms with Gasteiger partial charge in [0.05, 0.1) is 18.1 Å². The van der Waals surface area contributed by atoms with Crippen LogP contribution in [0.15, 0.2) is 42.5 Å². The van der Waals surface area contributed by atoms with Crippen molar-refractivity contribution < 1.29 is 32.7 Å². The molecule has 0 saturated heterocycles. The maximum absolute atomic E-state index is 13.5. The summed E-state index contributed by atoms with van der Waals surface area (Å²) in [5.74, 6) is -5.27. The summed E-state index contributed by atoms with van der Waals surface area (Å²) < 4.78 is 39.4. The van der Waals surface area contributed by atoms with Gasteiger partial charge in [-0.25, -0.2) is 18.0 Å². The van der Waals surface area contributed by atoms with E-state index in [0.29, 0.717) is 12.1 Å². The minimum Gasteiger partial charge on any atom is -0.392 e. The lowest BCUT2D eigenvalue weighted by atomic mass is 10.0. The van der Waals surface area contributed by atoms with E-state index < -0.39 is 48.3 Å². The molecule has 8 heteroatoms. The van der Waals surface area contributed by atoms with Crippen molar-refractivity contribution in [2.24, 2.45) is 0 Å². The molecule has 5 nitrogen and oxygen atoms in total. The third-order valence-electron chi connectivity index (χ3n) is 3.23. The van der Waals surface area contributed by atoms with Crippen molar-refractivity contribution in [3.63, 3.8) is 0 Å². The molecule has 0 spiro atoms. The molecule has 1 atom stereocenters. The van der Waals surface area contributed by atoms with E-state index in [9.17, 15) is 27.9 Å². The molecule has 2 aromatic rings. The predicted molar refractivity (Wildman–Crippen MR) is 80.6 cm³/mol. The van der Waals surface area contributed by atoms with E-state index in [1.807, 2.05) is 5.48 Å². The number of carbonyl (C=O) groups is 2. The lowest BCUT2D eigenvalue weighted by molar-refractivity contribution is -0.132. The molecule has 0 bridgehead atoms. The van der Waals surface area contributed by atoms with Gasteiger partial charge in [-0.1, -0.05) is 18.2 Å². The fraction of sp³-hybridized carbons (Fsp3) is 0.176. The van der Waals surface area contributed by atoms with Gasteiger partial charge < -0.3 is 9.94 Å². The molecule has 0 saturated carbocycles. The van der Waals surface area contributed by atoms with Crippen molar-refractivity contribution in [3.05, 3.63) is 71.0 Å². The molecular formula is C17H14F3NO4. The molecule has 2 aromatic carbocycles. The first-order valence-electron chi connectivity index (χ1n) is 7.23. The topological polar surface area (TPSA) is 75.6 Å². The zero-order valence-corrected chi connectivity index (χ0v) is 12.8. The number of hydrogen-bond acceptors (Lipinski definition) is 4. The van der Waals surface area contributed by atoms with E-state index in [4.69, 9.17) is 0 Å². The van der Waals surface area contributed by atoms with Gasteiger partial charge in [-0.05, 0) is 23.8 Å². The maximum atomic E-state index is 13.5. The zero-order chi connectivity index (χ0) is 18.4. The zero-order valence-electron chi connectivity index (χ0n) is 12.8. The number of aliphatic hydroxyl groups is 1. The number of benzene rings is 2. The second-order valence-electron chi connectivity index (χ2n) is 5.20. The Morgan fingerprint density at radius 3 is 2.36 bits per heavy atom. The number of halogens is 3. The first-order valence-corrected chi connectivity index (χ1v) is 7.23. The minimum atomic E-state index is -1.38. The molecule has 2 N–H and O–H groups in total. The Bertz CT molecular complexity index is 768. The Kier molecular flexibility index (Phi) is 6.13. The standard InChI is InChI=1S/C17H14F3NO4/c18-13-9-15(20)14(19)7-11(13)6-12(22)8-16(23)21-25-17(24)10-4-2-1-3-5-10/h1-5,7,9,12,22H,6,8H2,(H,21,23)/t12-/m0/s1. The van der Waals surface area contributed by atoms with Crippen molar-refractivity contribution in [1.82, 2.24) is 5.48 Å². The maximum Gasteiger partial charge on any atom is 0.362 e. The second-order valence-corrected chi connectivity index (χ2v) is 5.20. The van der Waals surface area contributed by atoms with Gasteiger partial charge in [0.1, 0.15) is 5.82 Å².